The zero-order chi connectivity index (χ0) is 22.2. The van der Waals surface area contributed by atoms with Crippen LogP contribution in [0, 0.1) is 5.82 Å². The van der Waals surface area contributed by atoms with Gasteiger partial charge in [-0.2, -0.15) is 0 Å². The van der Waals surface area contributed by atoms with Crippen LogP contribution in [-0.2, 0) is 4.79 Å². The van der Waals surface area contributed by atoms with Crippen molar-refractivity contribution in [3.05, 3.63) is 48.3 Å². The summed E-state index contributed by atoms with van der Waals surface area (Å²) in [5, 5.41) is 0.709. The Labute approximate surface area is 203 Å². The number of hydrogen-bond donors (Lipinski definition) is 0. The van der Waals surface area contributed by atoms with Crippen LogP contribution in [0.1, 0.15) is 19.8 Å². The summed E-state index contributed by atoms with van der Waals surface area (Å²) in [7, 11) is 3.99. The van der Waals surface area contributed by atoms with Crippen molar-refractivity contribution in [2.45, 2.75) is 24.7 Å². The normalized spacial score (nSPS) is 10.9. The van der Waals surface area contributed by atoms with Crippen molar-refractivity contribution >= 4 is 56.8 Å². The van der Waals surface area contributed by atoms with Crippen LogP contribution in [0.4, 0.5) is 9.52 Å². The molecular formula is C23H29ClFN3O2S2. The molecule has 0 radical (unpaired) electrons. The van der Waals surface area contributed by atoms with Crippen molar-refractivity contribution in [3.63, 3.8) is 0 Å². The molecular weight excluding hydrogens is 469 g/mol. The molecule has 1 heterocycles. The number of anilines is 1. The first-order chi connectivity index (χ1) is 15.0. The Bertz CT molecular complexity index is 999. The average molecular weight is 498 g/mol. The van der Waals surface area contributed by atoms with Gasteiger partial charge in [0.15, 0.2) is 5.13 Å². The maximum Gasteiger partial charge on any atom is 0.228 e. The van der Waals surface area contributed by atoms with Gasteiger partial charge in [0.05, 0.1) is 11.3 Å². The van der Waals surface area contributed by atoms with E-state index in [9.17, 15) is 9.18 Å². The summed E-state index contributed by atoms with van der Waals surface area (Å²) >= 11 is 3.15. The zero-order valence-corrected chi connectivity index (χ0v) is 21.0. The minimum absolute atomic E-state index is 0. The summed E-state index contributed by atoms with van der Waals surface area (Å²) in [5.74, 6) is 1.38. The highest BCUT2D eigenvalue weighted by Crippen LogP contribution is 2.34. The number of ether oxygens (including phenoxy) is 1. The summed E-state index contributed by atoms with van der Waals surface area (Å²) in [6.45, 7) is 3.86. The van der Waals surface area contributed by atoms with Crippen LogP contribution < -0.4 is 9.64 Å². The van der Waals surface area contributed by atoms with Gasteiger partial charge < -0.3 is 9.64 Å². The lowest BCUT2D eigenvalue weighted by atomic mass is 10.3. The third kappa shape index (κ3) is 7.33. The molecule has 3 rings (SSSR count). The third-order valence-corrected chi connectivity index (χ3v) is 6.73. The van der Waals surface area contributed by atoms with E-state index < -0.39 is 0 Å². The Kier molecular flexibility index (Phi) is 10.7. The van der Waals surface area contributed by atoms with E-state index in [1.54, 1.807) is 28.8 Å². The molecule has 0 N–H and O–H groups in total. The number of nitrogens with zero attached hydrogens (tertiary/aromatic N) is 3. The number of aromatic nitrogens is 1. The fourth-order valence-electron chi connectivity index (χ4n) is 3.01. The van der Waals surface area contributed by atoms with Crippen LogP contribution in [0.3, 0.4) is 0 Å². The molecule has 3 aromatic rings. The lowest BCUT2D eigenvalue weighted by Crippen LogP contribution is -2.36. The summed E-state index contributed by atoms with van der Waals surface area (Å²) in [6, 6.07) is 12.3. The number of hydrogen-bond acceptors (Lipinski definition) is 6. The van der Waals surface area contributed by atoms with Gasteiger partial charge >= 0.3 is 0 Å². The van der Waals surface area contributed by atoms with Crippen LogP contribution in [0.15, 0.2) is 47.4 Å². The van der Waals surface area contributed by atoms with Crippen molar-refractivity contribution in [1.29, 1.82) is 0 Å². The van der Waals surface area contributed by atoms with Crippen LogP contribution in [0.25, 0.3) is 10.2 Å². The first kappa shape index (κ1) is 26.4. The van der Waals surface area contributed by atoms with Crippen molar-refractivity contribution in [2.75, 3.05) is 44.4 Å². The van der Waals surface area contributed by atoms with Gasteiger partial charge in [0.25, 0.3) is 0 Å². The third-order valence-electron chi connectivity index (χ3n) is 4.59. The predicted octanol–water partition coefficient (Wildman–Crippen LogP) is 5.72. The highest BCUT2D eigenvalue weighted by molar-refractivity contribution is 7.99. The molecule has 0 saturated heterocycles. The van der Waals surface area contributed by atoms with Gasteiger partial charge in [-0.15, -0.1) is 24.2 Å². The minimum Gasteiger partial charge on any atom is -0.492 e. The highest BCUT2D eigenvalue weighted by atomic mass is 35.5. The monoisotopic (exact) mass is 497 g/mol. The predicted molar refractivity (Wildman–Crippen MR) is 135 cm³/mol. The Morgan fingerprint density at radius 1 is 1.16 bits per heavy atom. The molecule has 0 unspecified atom stereocenters. The number of benzene rings is 2. The summed E-state index contributed by atoms with van der Waals surface area (Å²) in [5.41, 5.74) is 0.805. The number of para-hydroxylation sites is 1. The smallest absolute Gasteiger partial charge is 0.228 e. The van der Waals surface area contributed by atoms with Gasteiger partial charge in [-0.05, 0) is 69.6 Å². The van der Waals surface area contributed by atoms with Crippen molar-refractivity contribution in [2.24, 2.45) is 0 Å². The molecule has 0 atom stereocenters. The minimum atomic E-state index is -0.237. The second-order valence-electron chi connectivity index (χ2n) is 7.29. The number of amides is 1. The van der Waals surface area contributed by atoms with Gasteiger partial charge in [0.1, 0.15) is 17.1 Å². The quantitative estimate of drug-likeness (QED) is 0.250. The lowest BCUT2D eigenvalue weighted by Gasteiger charge is -2.22. The van der Waals surface area contributed by atoms with Crippen molar-refractivity contribution < 1.29 is 13.9 Å². The zero-order valence-electron chi connectivity index (χ0n) is 18.5. The number of halogens is 2. The van der Waals surface area contributed by atoms with E-state index in [0.717, 1.165) is 39.6 Å². The van der Waals surface area contributed by atoms with Gasteiger partial charge in [-0.25, -0.2) is 9.37 Å². The lowest BCUT2D eigenvalue weighted by molar-refractivity contribution is -0.118. The van der Waals surface area contributed by atoms with E-state index in [-0.39, 0.29) is 24.1 Å². The number of rotatable bonds is 11. The molecule has 0 bridgehead atoms. The van der Waals surface area contributed by atoms with E-state index in [2.05, 4.69) is 4.90 Å². The Morgan fingerprint density at radius 3 is 2.59 bits per heavy atom. The Balaban J connectivity index is 0.00000363. The summed E-state index contributed by atoms with van der Waals surface area (Å²) in [6.07, 6.45) is 1.18. The van der Waals surface area contributed by atoms with Crippen molar-refractivity contribution in [1.82, 2.24) is 9.88 Å². The van der Waals surface area contributed by atoms with Gasteiger partial charge in [-0.3, -0.25) is 9.69 Å². The van der Waals surface area contributed by atoms with E-state index in [0.29, 0.717) is 24.7 Å². The summed E-state index contributed by atoms with van der Waals surface area (Å²) in [4.78, 5) is 22.7. The van der Waals surface area contributed by atoms with Crippen LogP contribution >= 0.6 is 35.5 Å². The molecule has 2 aromatic carbocycles. The molecule has 0 aliphatic rings. The van der Waals surface area contributed by atoms with Crippen molar-refractivity contribution in [3.8, 4) is 5.75 Å². The number of thiazole rings is 1. The number of likely N-dealkylation sites (N-methyl/N-ethyl adjacent to an activating group) is 1. The van der Waals surface area contributed by atoms with Gasteiger partial charge in [-0.1, -0.05) is 17.4 Å². The largest absolute Gasteiger partial charge is 0.492 e. The molecule has 0 fully saturated rings. The number of fused-ring (bicyclic) bond motifs is 1. The Morgan fingerprint density at radius 2 is 1.91 bits per heavy atom. The molecule has 1 amide bonds. The SMILES string of the molecule is CCOc1cccc2sc(N(CCN(C)C)C(=O)CCCSc3ccc(F)cc3)nc12.Cl. The Hall–Kier alpha value is -1.87. The summed E-state index contributed by atoms with van der Waals surface area (Å²) < 4.78 is 19.7. The van der Waals surface area contributed by atoms with E-state index in [4.69, 9.17) is 9.72 Å². The highest BCUT2D eigenvalue weighted by Gasteiger charge is 2.20. The molecule has 32 heavy (non-hydrogen) atoms. The molecule has 9 heteroatoms. The average Bonchev–Trinajstić information content (AvgIpc) is 3.17. The molecule has 1 aromatic heterocycles. The maximum absolute atomic E-state index is 13.1. The molecule has 5 nitrogen and oxygen atoms in total. The molecule has 0 spiro atoms. The van der Waals surface area contributed by atoms with E-state index in [1.165, 1.54) is 23.5 Å². The number of carbonyl (C=O) groups is 1. The van der Waals surface area contributed by atoms with E-state index >= 15 is 0 Å². The molecule has 0 aliphatic carbocycles. The second kappa shape index (κ2) is 13.0. The van der Waals surface area contributed by atoms with Crippen LogP contribution in [0.5, 0.6) is 5.75 Å². The molecule has 0 aliphatic heterocycles. The first-order valence-corrected chi connectivity index (χ1v) is 12.1. The number of carbonyl (C=O) groups excluding carboxylic acids is 1. The molecule has 0 saturated carbocycles. The van der Waals surface area contributed by atoms with Crippen LogP contribution in [-0.4, -0.2) is 55.3 Å². The molecule has 174 valence electrons. The first-order valence-electron chi connectivity index (χ1n) is 10.3. The topological polar surface area (TPSA) is 45.7 Å². The van der Waals surface area contributed by atoms with Gasteiger partial charge in [0, 0.05) is 24.4 Å². The standard InChI is InChI=1S/C23H28FN3O2S2.ClH/c1-4-29-19-7-5-8-20-22(19)25-23(31-20)27(15-14-26(2)3)21(28)9-6-16-30-18-12-10-17(24)11-13-18;/h5,7-8,10-13H,4,6,9,14-16H2,1-3H3;1H. The maximum atomic E-state index is 13.1. The second-order valence-corrected chi connectivity index (χ2v) is 9.46. The van der Waals surface area contributed by atoms with Crippen LogP contribution in [0.2, 0.25) is 0 Å². The fraction of sp³-hybridized carbons (Fsp3) is 0.391. The fourth-order valence-corrected chi connectivity index (χ4v) is 4.88. The van der Waals surface area contributed by atoms with E-state index in [1.807, 2.05) is 39.2 Å². The number of thioether (sulfide) groups is 1. The van der Waals surface area contributed by atoms with Gasteiger partial charge in [0.2, 0.25) is 5.91 Å².